The normalized spacial score (nSPS) is 11.3. The predicted molar refractivity (Wildman–Crippen MR) is 115 cm³/mol. The van der Waals surface area contributed by atoms with Crippen molar-refractivity contribution in [3.8, 4) is 22.8 Å². The first-order valence-electron chi connectivity index (χ1n) is 9.66. The van der Waals surface area contributed by atoms with E-state index < -0.39 is 31.7 Å². The van der Waals surface area contributed by atoms with E-state index in [-0.39, 0.29) is 42.4 Å². The fourth-order valence-corrected chi connectivity index (χ4v) is 4.42. The Bertz CT molecular complexity index is 1210. The van der Waals surface area contributed by atoms with Crippen LogP contribution in [0.25, 0.3) is 22.8 Å². The van der Waals surface area contributed by atoms with Gasteiger partial charge in [0.25, 0.3) is 0 Å². The third-order valence-corrected chi connectivity index (χ3v) is 6.25. The Morgan fingerprint density at radius 1 is 0.912 bits per heavy atom. The minimum atomic E-state index is -4.57. The zero-order chi connectivity index (χ0) is 24.2. The number of pyridine rings is 2. The number of aromatic nitrogens is 5. The van der Waals surface area contributed by atoms with Crippen molar-refractivity contribution >= 4 is 13.3 Å². The molecule has 0 spiro atoms. The van der Waals surface area contributed by atoms with E-state index in [2.05, 4.69) is 31.2 Å². The smallest absolute Gasteiger partial charge is 0.413 e. The van der Waals surface area contributed by atoms with Crippen molar-refractivity contribution in [2.45, 2.75) is 25.8 Å². The number of nitrogens with zero attached hydrogens (tertiary/aromatic N) is 5. The maximum absolute atomic E-state index is 14.4. The molecular weight excluding hydrogens is 650 g/mol. The summed E-state index contributed by atoms with van der Waals surface area (Å²) in [6, 6.07) is 13.9. The largest absolute Gasteiger partial charge is 0.429 e. The van der Waals surface area contributed by atoms with Gasteiger partial charge in [0.15, 0.2) is 0 Å². The summed E-state index contributed by atoms with van der Waals surface area (Å²) in [6.07, 6.45) is -1.54. The molecule has 0 bridgehead atoms. The number of halogens is 5. The van der Waals surface area contributed by atoms with Gasteiger partial charge in [0.1, 0.15) is 5.82 Å². The quantitative estimate of drug-likeness (QED) is 0.177. The molecule has 0 saturated carbocycles. The van der Waals surface area contributed by atoms with Crippen molar-refractivity contribution in [3.05, 3.63) is 78.4 Å². The average molecular weight is 668 g/mol. The molecule has 3 heterocycles. The number of rotatable bonds is 3. The zero-order valence-electron chi connectivity index (χ0n) is 18.2. The van der Waals surface area contributed by atoms with Gasteiger partial charge in [-0.25, -0.2) is 0 Å². The molecule has 0 aliphatic heterocycles. The van der Waals surface area contributed by atoms with Crippen LogP contribution in [0.4, 0.5) is 22.0 Å². The third kappa shape index (κ3) is 6.61. The number of alkyl halides is 3. The van der Waals surface area contributed by atoms with Gasteiger partial charge < -0.3 is 15.1 Å². The van der Waals surface area contributed by atoms with E-state index in [9.17, 15) is 22.0 Å². The maximum Gasteiger partial charge on any atom is 0.429 e. The topological polar surface area (TPSA) is 65.7 Å². The molecule has 0 amide bonds. The molecular formula is C22H18F5IrN5Si-2. The summed E-state index contributed by atoms with van der Waals surface area (Å²) in [7, 11) is -2.08. The maximum atomic E-state index is 14.4. The SMILES string of the molecule is C[Si](C)(C)c1c(F)c[c-]c(-c2ccccn2)c1F.FC(F)(F)c1n[n-]c(-c2ccccn2)n1.[Ir]. The van der Waals surface area contributed by atoms with Gasteiger partial charge in [-0.2, -0.15) is 13.2 Å². The van der Waals surface area contributed by atoms with Gasteiger partial charge in [0, 0.05) is 44.1 Å². The van der Waals surface area contributed by atoms with Gasteiger partial charge in [-0.3, -0.25) is 18.9 Å². The molecule has 3 aromatic heterocycles. The van der Waals surface area contributed by atoms with Crippen molar-refractivity contribution in [2.75, 3.05) is 0 Å². The molecule has 181 valence electrons. The molecule has 1 radical (unpaired) electrons. The van der Waals surface area contributed by atoms with E-state index >= 15 is 0 Å². The third-order valence-electron chi connectivity index (χ3n) is 4.29. The van der Waals surface area contributed by atoms with Gasteiger partial charge in [-0.1, -0.05) is 48.6 Å². The average Bonchev–Trinajstić information content (AvgIpc) is 3.26. The van der Waals surface area contributed by atoms with Gasteiger partial charge >= 0.3 is 6.18 Å². The van der Waals surface area contributed by atoms with Gasteiger partial charge in [0.2, 0.25) is 0 Å². The summed E-state index contributed by atoms with van der Waals surface area (Å²) in [5, 5.41) is 6.46. The zero-order valence-corrected chi connectivity index (χ0v) is 21.6. The number of benzene rings is 1. The Hall–Kier alpha value is -2.82. The van der Waals surface area contributed by atoms with E-state index in [4.69, 9.17) is 0 Å². The molecule has 1 aromatic carbocycles. The van der Waals surface area contributed by atoms with E-state index in [1.807, 2.05) is 19.6 Å². The summed E-state index contributed by atoms with van der Waals surface area (Å²) in [6.45, 7) is 5.74. The summed E-state index contributed by atoms with van der Waals surface area (Å²) in [4.78, 5) is 11.1. The molecule has 12 heteroatoms. The Balaban J connectivity index is 0.000000237. The van der Waals surface area contributed by atoms with Crippen molar-refractivity contribution in [2.24, 2.45) is 0 Å². The first-order chi connectivity index (χ1) is 15.5. The second-order valence-corrected chi connectivity index (χ2v) is 12.8. The van der Waals surface area contributed by atoms with Crippen LogP contribution in [0.5, 0.6) is 0 Å². The van der Waals surface area contributed by atoms with E-state index in [1.165, 1.54) is 18.3 Å². The summed E-state index contributed by atoms with van der Waals surface area (Å²) in [5.74, 6) is -2.40. The molecule has 4 rings (SSSR count). The fourth-order valence-electron chi connectivity index (χ4n) is 2.85. The van der Waals surface area contributed by atoms with Crippen LogP contribution in [-0.4, -0.2) is 28.1 Å². The Labute approximate surface area is 207 Å². The van der Waals surface area contributed by atoms with Crippen molar-refractivity contribution in [1.29, 1.82) is 0 Å². The molecule has 0 atom stereocenters. The van der Waals surface area contributed by atoms with E-state index in [0.29, 0.717) is 5.69 Å². The molecule has 0 N–H and O–H groups in total. The Morgan fingerprint density at radius 3 is 1.97 bits per heavy atom. The first kappa shape index (κ1) is 27.4. The van der Waals surface area contributed by atoms with Crippen LogP contribution in [-0.2, 0) is 26.3 Å². The molecule has 0 unspecified atom stereocenters. The first-order valence-corrected chi connectivity index (χ1v) is 13.2. The fraction of sp³-hybridized carbons (Fsp3) is 0.182. The second kappa shape index (κ2) is 11.1. The standard InChI is InChI=1S/C14H14F2NSi.C8H4F3N4.Ir/c1-18(2,3)14-11(15)8-7-10(13(14)16)12-6-4-5-9-17-12;9-8(10,11)7-13-6(14-15-7)5-3-1-2-4-12-5;/h4-6,8-9H,1-3H3;1-4H;/q2*-1;. The second-order valence-electron chi connectivity index (χ2n) is 7.84. The molecule has 0 aliphatic rings. The van der Waals surface area contributed by atoms with Crippen LogP contribution in [0.15, 0.2) is 54.9 Å². The number of hydrogen-bond donors (Lipinski definition) is 0. The summed E-state index contributed by atoms with van der Waals surface area (Å²) >= 11 is 0. The van der Waals surface area contributed by atoms with Crippen LogP contribution in [0, 0.1) is 17.7 Å². The number of hydrogen-bond acceptors (Lipinski definition) is 4. The molecule has 4 aromatic rings. The Kier molecular flexibility index (Phi) is 8.93. The van der Waals surface area contributed by atoms with Crippen LogP contribution < -0.4 is 10.3 Å². The monoisotopic (exact) mass is 668 g/mol. The minimum Gasteiger partial charge on any atom is -0.413 e. The van der Waals surface area contributed by atoms with Gasteiger partial charge in [-0.05, 0) is 29.7 Å². The van der Waals surface area contributed by atoms with Crippen LogP contribution >= 0.6 is 0 Å². The van der Waals surface area contributed by atoms with Crippen LogP contribution in [0.1, 0.15) is 5.82 Å². The van der Waals surface area contributed by atoms with Crippen molar-refractivity contribution in [1.82, 2.24) is 25.1 Å². The van der Waals surface area contributed by atoms with Gasteiger partial charge in [-0.15, -0.1) is 12.1 Å². The molecule has 34 heavy (non-hydrogen) atoms. The van der Waals surface area contributed by atoms with Crippen molar-refractivity contribution in [3.63, 3.8) is 0 Å². The minimum absolute atomic E-state index is 0. The molecule has 5 nitrogen and oxygen atoms in total. The van der Waals surface area contributed by atoms with Gasteiger partial charge in [0.05, 0.1) is 13.8 Å². The van der Waals surface area contributed by atoms with Crippen LogP contribution in [0.2, 0.25) is 19.6 Å². The van der Waals surface area contributed by atoms with E-state index in [1.54, 1.807) is 36.5 Å². The summed E-state index contributed by atoms with van der Waals surface area (Å²) < 4.78 is 64.6. The Morgan fingerprint density at radius 2 is 1.50 bits per heavy atom. The van der Waals surface area contributed by atoms with Crippen molar-refractivity contribution < 1.29 is 42.1 Å². The molecule has 0 aliphatic carbocycles. The molecule has 0 saturated heterocycles. The molecule has 0 fully saturated rings. The van der Waals surface area contributed by atoms with Crippen LogP contribution in [0.3, 0.4) is 0 Å². The predicted octanol–water partition coefficient (Wildman–Crippen LogP) is 4.88. The van der Waals surface area contributed by atoms with E-state index in [0.717, 1.165) is 0 Å². The summed E-state index contributed by atoms with van der Waals surface area (Å²) in [5.41, 5.74) is 0.990.